The topological polar surface area (TPSA) is 30.5 Å². The Hall–Kier alpha value is -1.06. The van der Waals surface area contributed by atoms with Crippen LogP contribution in [0.3, 0.4) is 0 Å². The molecule has 0 radical (unpaired) electrons. The molecule has 3 nitrogen and oxygen atoms in total. The van der Waals surface area contributed by atoms with Gasteiger partial charge in [0.2, 0.25) is 0 Å². The number of rotatable bonds is 4. The molecule has 15 heavy (non-hydrogen) atoms. The van der Waals surface area contributed by atoms with Crippen molar-refractivity contribution in [1.29, 1.82) is 0 Å². The fourth-order valence-electron chi connectivity index (χ4n) is 1.92. The molecule has 1 aromatic carbocycles. The average molecular weight is 207 g/mol. The largest absolute Gasteiger partial charge is 0.384 e. The number of ether oxygens (including phenoxy) is 2. The van der Waals surface area contributed by atoms with Crippen molar-refractivity contribution in [3.63, 3.8) is 0 Å². The van der Waals surface area contributed by atoms with Crippen molar-refractivity contribution in [2.24, 2.45) is 5.92 Å². The van der Waals surface area contributed by atoms with E-state index in [1.165, 1.54) is 11.3 Å². The minimum atomic E-state index is 0.387. The molecule has 0 amide bonds. The van der Waals surface area contributed by atoms with E-state index >= 15 is 0 Å². The van der Waals surface area contributed by atoms with E-state index < -0.39 is 0 Å². The van der Waals surface area contributed by atoms with Crippen LogP contribution in [0.25, 0.3) is 0 Å². The van der Waals surface area contributed by atoms with Gasteiger partial charge in [0.1, 0.15) is 6.79 Å². The zero-order valence-corrected chi connectivity index (χ0v) is 9.03. The van der Waals surface area contributed by atoms with Gasteiger partial charge in [0.05, 0.1) is 6.61 Å². The smallest absolute Gasteiger partial charge is 0.146 e. The summed E-state index contributed by atoms with van der Waals surface area (Å²) in [5.41, 5.74) is 2.65. The minimum Gasteiger partial charge on any atom is -0.384 e. The molecule has 82 valence electrons. The van der Waals surface area contributed by atoms with E-state index in [-0.39, 0.29) is 0 Å². The molecule has 0 fully saturated rings. The second-order valence-electron chi connectivity index (χ2n) is 3.89. The predicted octanol–water partition coefficient (Wildman–Crippen LogP) is 1.89. The van der Waals surface area contributed by atoms with Crippen LogP contribution < -0.4 is 5.32 Å². The third kappa shape index (κ3) is 2.70. The van der Waals surface area contributed by atoms with Crippen LogP contribution in [0, 0.1) is 5.92 Å². The number of hydrogen-bond acceptors (Lipinski definition) is 3. The predicted molar refractivity (Wildman–Crippen MR) is 60.0 cm³/mol. The molecule has 0 saturated heterocycles. The first-order valence-corrected chi connectivity index (χ1v) is 5.28. The van der Waals surface area contributed by atoms with Crippen LogP contribution in [0.5, 0.6) is 0 Å². The van der Waals surface area contributed by atoms with Gasteiger partial charge in [-0.1, -0.05) is 18.2 Å². The lowest BCUT2D eigenvalue weighted by Crippen LogP contribution is -2.27. The molecule has 3 heteroatoms. The van der Waals surface area contributed by atoms with Gasteiger partial charge in [0.25, 0.3) is 0 Å². The van der Waals surface area contributed by atoms with Crippen LogP contribution >= 0.6 is 0 Å². The van der Waals surface area contributed by atoms with Crippen molar-refractivity contribution in [2.45, 2.75) is 6.42 Å². The maximum atomic E-state index is 5.38. The van der Waals surface area contributed by atoms with Gasteiger partial charge in [0.15, 0.2) is 0 Å². The lowest BCUT2D eigenvalue weighted by atomic mass is 9.95. The molecular weight excluding hydrogens is 190 g/mol. The number of nitrogens with one attached hydrogen (secondary N) is 1. The maximum absolute atomic E-state index is 5.38. The van der Waals surface area contributed by atoms with Crippen molar-refractivity contribution >= 4 is 5.69 Å². The summed E-state index contributed by atoms with van der Waals surface area (Å²) >= 11 is 0. The quantitative estimate of drug-likeness (QED) is 0.604. The monoisotopic (exact) mass is 207 g/mol. The van der Waals surface area contributed by atoms with Crippen molar-refractivity contribution in [3.8, 4) is 0 Å². The standard InChI is InChI=1S/C12H17NO2/c1-14-9-15-8-10-6-11-4-2-3-5-12(11)13-7-10/h2-5,10,13H,6-9H2,1H3/t10-/m0/s1. The van der Waals surface area contributed by atoms with Crippen molar-refractivity contribution in [1.82, 2.24) is 0 Å². The molecule has 1 aliphatic heterocycles. The number of benzene rings is 1. The molecule has 1 atom stereocenters. The fraction of sp³-hybridized carbons (Fsp3) is 0.500. The highest BCUT2D eigenvalue weighted by Crippen LogP contribution is 2.24. The Morgan fingerprint density at radius 1 is 1.40 bits per heavy atom. The van der Waals surface area contributed by atoms with Crippen LogP contribution in [0.15, 0.2) is 24.3 Å². The van der Waals surface area contributed by atoms with Gasteiger partial charge >= 0.3 is 0 Å². The number of para-hydroxylation sites is 1. The SMILES string of the molecule is COCOC[C@@H]1CNc2ccccc2C1. The van der Waals surface area contributed by atoms with Crippen LogP contribution in [0.4, 0.5) is 5.69 Å². The highest BCUT2D eigenvalue weighted by molar-refractivity contribution is 5.53. The Bertz CT molecular complexity index is 314. The zero-order valence-electron chi connectivity index (χ0n) is 9.03. The molecule has 1 heterocycles. The lowest BCUT2D eigenvalue weighted by Gasteiger charge is -2.25. The molecule has 1 aromatic rings. The number of methoxy groups -OCH3 is 1. The molecule has 0 spiro atoms. The highest BCUT2D eigenvalue weighted by atomic mass is 16.7. The van der Waals surface area contributed by atoms with Gasteiger partial charge in [-0.15, -0.1) is 0 Å². The van der Waals surface area contributed by atoms with Gasteiger partial charge < -0.3 is 14.8 Å². The summed E-state index contributed by atoms with van der Waals surface area (Å²) in [4.78, 5) is 0. The van der Waals surface area contributed by atoms with Crippen LogP contribution in [0.2, 0.25) is 0 Å². The second kappa shape index (κ2) is 5.14. The molecule has 0 aliphatic carbocycles. The number of fused-ring (bicyclic) bond motifs is 1. The summed E-state index contributed by atoms with van der Waals surface area (Å²) in [7, 11) is 1.65. The Labute approximate surface area is 90.4 Å². The average Bonchev–Trinajstić information content (AvgIpc) is 2.29. The van der Waals surface area contributed by atoms with Crippen LogP contribution in [-0.4, -0.2) is 27.1 Å². The minimum absolute atomic E-state index is 0.387. The Kier molecular flexibility index (Phi) is 3.59. The molecular formula is C12H17NO2. The number of hydrogen-bond donors (Lipinski definition) is 1. The van der Waals surface area contributed by atoms with Crippen LogP contribution in [-0.2, 0) is 15.9 Å². The third-order valence-corrected chi connectivity index (χ3v) is 2.66. The molecule has 0 unspecified atom stereocenters. The normalized spacial score (nSPS) is 19.4. The van der Waals surface area contributed by atoms with Gasteiger partial charge in [-0.05, 0) is 18.1 Å². The Morgan fingerprint density at radius 3 is 3.13 bits per heavy atom. The summed E-state index contributed by atoms with van der Waals surface area (Å²) < 4.78 is 10.2. The van der Waals surface area contributed by atoms with E-state index in [1.807, 2.05) is 0 Å². The third-order valence-electron chi connectivity index (χ3n) is 2.66. The Balaban J connectivity index is 1.88. The van der Waals surface area contributed by atoms with Crippen molar-refractivity contribution in [3.05, 3.63) is 29.8 Å². The van der Waals surface area contributed by atoms with E-state index in [1.54, 1.807) is 7.11 Å². The first-order chi connectivity index (χ1) is 7.40. The van der Waals surface area contributed by atoms with Gasteiger partial charge in [-0.2, -0.15) is 0 Å². The molecule has 1 N–H and O–H groups in total. The second-order valence-corrected chi connectivity index (χ2v) is 3.89. The van der Waals surface area contributed by atoms with E-state index in [2.05, 4.69) is 29.6 Å². The summed E-state index contributed by atoms with van der Waals surface area (Å²) in [5.74, 6) is 0.551. The van der Waals surface area contributed by atoms with Gasteiger partial charge in [0, 0.05) is 25.3 Å². The first-order valence-electron chi connectivity index (χ1n) is 5.28. The summed E-state index contributed by atoms with van der Waals surface area (Å²) in [6.45, 7) is 2.13. The zero-order chi connectivity index (χ0) is 10.5. The van der Waals surface area contributed by atoms with Gasteiger partial charge in [-0.3, -0.25) is 0 Å². The van der Waals surface area contributed by atoms with E-state index in [4.69, 9.17) is 9.47 Å². The maximum Gasteiger partial charge on any atom is 0.146 e. The van der Waals surface area contributed by atoms with Crippen molar-refractivity contribution in [2.75, 3.05) is 32.4 Å². The van der Waals surface area contributed by atoms with Crippen LogP contribution in [0.1, 0.15) is 5.56 Å². The summed E-state index contributed by atoms with van der Waals surface area (Å²) in [6.07, 6.45) is 1.09. The fourth-order valence-corrected chi connectivity index (χ4v) is 1.92. The molecule has 0 aromatic heterocycles. The number of anilines is 1. The first kappa shape index (κ1) is 10.5. The molecule has 2 rings (SSSR count). The molecule has 0 bridgehead atoms. The molecule has 0 saturated carbocycles. The highest BCUT2D eigenvalue weighted by Gasteiger charge is 2.17. The summed E-state index contributed by atoms with van der Waals surface area (Å²) in [6, 6.07) is 8.44. The van der Waals surface area contributed by atoms with E-state index in [0.717, 1.165) is 19.6 Å². The van der Waals surface area contributed by atoms with E-state index in [9.17, 15) is 0 Å². The van der Waals surface area contributed by atoms with E-state index in [0.29, 0.717) is 12.7 Å². The van der Waals surface area contributed by atoms with Gasteiger partial charge in [-0.25, -0.2) is 0 Å². The lowest BCUT2D eigenvalue weighted by molar-refractivity contribution is -0.0422. The molecule has 1 aliphatic rings. The summed E-state index contributed by atoms with van der Waals surface area (Å²) in [5, 5.41) is 3.42. The van der Waals surface area contributed by atoms with Crippen molar-refractivity contribution < 1.29 is 9.47 Å². The Morgan fingerprint density at radius 2 is 2.27 bits per heavy atom.